The van der Waals surface area contributed by atoms with Gasteiger partial charge in [-0.3, -0.25) is 4.79 Å². The van der Waals surface area contributed by atoms with Gasteiger partial charge in [-0.05, 0) is 37.6 Å². The van der Waals surface area contributed by atoms with Crippen molar-refractivity contribution < 1.29 is 13.9 Å². The summed E-state index contributed by atoms with van der Waals surface area (Å²) in [5.74, 6) is -0.464. The number of methoxy groups -OCH3 is 1. The van der Waals surface area contributed by atoms with Crippen molar-refractivity contribution in [3.05, 3.63) is 29.6 Å². The molecule has 1 N–H and O–H groups in total. The molecule has 0 spiro atoms. The highest BCUT2D eigenvalue weighted by Crippen LogP contribution is 2.20. The molecule has 1 amide bonds. The van der Waals surface area contributed by atoms with Gasteiger partial charge in [0.1, 0.15) is 0 Å². The van der Waals surface area contributed by atoms with E-state index in [4.69, 9.17) is 4.74 Å². The van der Waals surface area contributed by atoms with E-state index in [1.807, 2.05) is 0 Å². The van der Waals surface area contributed by atoms with Crippen molar-refractivity contribution in [1.29, 1.82) is 0 Å². The molecule has 5 heteroatoms. The minimum Gasteiger partial charge on any atom is -0.494 e. The molecule has 1 aromatic carbocycles. The second-order valence-electron chi connectivity index (χ2n) is 4.77. The van der Waals surface area contributed by atoms with Gasteiger partial charge in [0.05, 0.1) is 7.11 Å². The Labute approximate surface area is 112 Å². The lowest BCUT2D eigenvalue weighted by molar-refractivity contribution is 0.0708. The Morgan fingerprint density at radius 1 is 1.53 bits per heavy atom. The summed E-state index contributed by atoms with van der Waals surface area (Å²) in [6.45, 7) is 1.81. The van der Waals surface area contributed by atoms with E-state index >= 15 is 0 Å². The molecular formula is C14H19FN2O2. The van der Waals surface area contributed by atoms with Gasteiger partial charge in [-0.25, -0.2) is 4.39 Å². The maximum Gasteiger partial charge on any atom is 0.254 e. The minimum atomic E-state index is -0.457. The van der Waals surface area contributed by atoms with E-state index < -0.39 is 5.82 Å². The SMILES string of the molecule is COc1cc(C(=O)N(C)C2CCCNC2)ccc1F. The molecule has 0 saturated carbocycles. The van der Waals surface area contributed by atoms with Crippen LogP contribution < -0.4 is 10.1 Å². The number of nitrogens with zero attached hydrogens (tertiary/aromatic N) is 1. The van der Waals surface area contributed by atoms with Gasteiger partial charge in [0.25, 0.3) is 5.91 Å². The van der Waals surface area contributed by atoms with E-state index in [1.54, 1.807) is 11.9 Å². The summed E-state index contributed by atoms with van der Waals surface area (Å²) in [6, 6.07) is 4.40. The van der Waals surface area contributed by atoms with E-state index in [9.17, 15) is 9.18 Å². The van der Waals surface area contributed by atoms with Gasteiger partial charge in [-0.15, -0.1) is 0 Å². The largest absolute Gasteiger partial charge is 0.494 e. The molecule has 1 fully saturated rings. The molecule has 1 aromatic rings. The van der Waals surface area contributed by atoms with E-state index in [1.165, 1.54) is 25.3 Å². The molecule has 0 bridgehead atoms. The van der Waals surface area contributed by atoms with Crippen molar-refractivity contribution in [2.75, 3.05) is 27.2 Å². The predicted molar refractivity (Wildman–Crippen MR) is 70.9 cm³/mol. The Morgan fingerprint density at radius 2 is 2.32 bits per heavy atom. The minimum absolute atomic E-state index is 0.0982. The topological polar surface area (TPSA) is 41.6 Å². The van der Waals surface area contributed by atoms with Crippen LogP contribution in [0.5, 0.6) is 5.75 Å². The van der Waals surface area contributed by atoms with Crippen molar-refractivity contribution in [3.63, 3.8) is 0 Å². The van der Waals surface area contributed by atoms with E-state index in [-0.39, 0.29) is 17.7 Å². The first-order valence-electron chi connectivity index (χ1n) is 6.45. The average Bonchev–Trinajstić information content (AvgIpc) is 2.47. The van der Waals surface area contributed by atoms with Crippen LogP contribution in [0, 0.1) is 5.82 Å². The van der Waals surface area contributed by atoms with E-state index in [0.29, 0.717) is 5.56 Å². The third-order valence-electron chi connectivity index (χ3n) is 3.54. The molecule has 104 valence electrons. The Balaban J connectivity index is 2.14. The van der Waals surface area contributed by atoms with Crippen LogP contribution in [0.15, 0.2) is 18.2 Å². The zero-order valence-electron chi connectivity index (χ0n) is 11.3. The number of rotatable bonds is 3. The lowest BCUT2D eigenvalue weighted by Crippen LogP contribution is -2.46. The number of piperidine rings is 1. The van der Waals surface area contributed by atoms with Gasteiger partial charge in [-0.2, -0.15) is 0 Å². The first-order valence-corrected chi connectivity index (χ1v) is 6.45. The molecule has 1 saturated heterocycles. The van der Waals surface area contributed by atoms with Gasteiger partial charge in [-0.1, -0.05) is 0 Å². The standard InChI is InChI=1S/C14H19FN2O2/c1-17(11-4-3-7-16-9-11)14(18)10-5-6-12(15)13(8-10)19-2/h5-6,8,11,16H,3-4,7,9H2,1-2H3. The quantitative estimate of drug-likeness (QED) is 0.904. The maximum absolute atomic E-state index is 13.3. The summed E-state index contributed by atoms with van der Waals surface area (Å²) in [5.41, 5.74) is 0.450. The molecule has 19 heavy (non-hydrogen) atoms. The number of carbonyl (C=O) groups is 1. The highest BCUT2D eigenvalue weighted by atomic mass is 19.1. The smallest absolute Gasteiger partial charge is 0.254 e. The second-order valence-corrected chi connectivity index (χ2v) is 4.77. The van der Waals surface area contributed by atoms with Crippen molar-refractivity contribution >= 4 is 5.91 Å². The highest BCUT2D eigenvalue weighted by molar-refractivity contribution is 5.94. The lowest BCUT2D eigenvalue weighted by Gasteiger charge is -2.31. The van der Waals surface area contributed by atoms with Crippen molar-refractivity contribution in [3.8, 4) is 5.75 Å². The number of ether oxygens (including phenoxy) is 1. The Bertz CT molecular complexity index is 459. The fourth-order valence-corrected chi connectivity index (χ4v) is 2.33. The number of amides is 1. The number of hydrogen-bond acceptors (Lipinski definition) is 3. The number of likely N-dealkylation sites (N-methyl/N-ethyl adjacent to an activating group) is 1. The van der Waals surface area contributed by atoms with Crippen LogP contribution in [0.1, 0.15) is 23.2 Å². The third-order valence-corrected chi connectivity index (χ3v) is 3.54. The Hall–Kier alpha value is -1.62. The number of halogens is 1. The fourth-order valence-electron chi connectivity index (χ4n) is 2.33. The first kappa shape index (κ1) is 13.8. The molecular weight excluding hydrogens is 247 g/mol. The van der Waals surface area contributed by atoms with Crippen LogP contribution in [-0.4, -0.2) is 44.1 Å². The molecule has 1 heterocycles. The van der Waals surface area contributed by atoms with Gasteiger partial charge in [0.15, 0.2) is 11.6 Å². The second kappa shape index (κ2) is 6.02. The van der Waals surface area contributed by atoms with Gasteiger partial charge < -0.3 is 15.0 Å². The number of benzene rings is 1. The summed E-state index contributed by atoms with van der Waals surface area (Å²) < 4.78 is 18.2. The molecule has 0 aromatic heterocycles. The van der Waals surface area contributed by atoms with Gasteiger partial charge in [0, 0.05) is 25.2 Å². The van der Waals surface area contributed by atoms with Crippen LogP contribution in [0.4, 0.5) is 4.39 Å². The molecule has 1 unspecified atom stereocenters. The molecule has 1 atom stereocenters. The normalized spacial score (nSPS) is 19.0. The van der Waals surface area contributed by atoms with Crippen molar-refractivity contribution in [2.24, 2.45) is 0 Å². The van der Waals surface area contributed by atoms with Crippen LogP contribution in [-0.2, 0) is 0 Å². The zero-order chi connectivity index (χ0) is 13.8. The van der Waals surface area contributed by atoms with Crippen LogP contribution in [0.3, 0.4) is 0 Å². The molecule has 2 rings (SSSR count). The number of nitrogens with one attached hydrogen (secondary N) is 1. The predicted octanol–water partition coefficient (Wildman–Crippen LogP) is 1.66. The number of carbonyl (C=O) groups excluding carboxylic acids is 1. The first-order chi connectivity index (χ1) is 9.13. The molecule has 1 aliphatic heterocycles. The van der Waals surface area contributed by atoms with Crippen LogP contribution in [0.2, 0.25) is 0 Å². The monoisotopic (exact) mass is 266 g/mol. The molecule has 4 nitrogen and oxygen atoms in total. The Morgan fingerprint density at radius 3 is 2.95 bits per heavy atom. The molecule has 0 aliphatic carbocycles. The maximum atomic E-state index is 13.3. The number of hydrogen-bond donors (Lipinski definition) is 1. The zero-order valence-corrected chi connectivity index (χ0v) is 11.3. The van der Waals surface area contributed by atoms with E-state index in [2.05, 4.69) is 5.32 Å². The van der Waals surface area contributed by atoms with Gasteiger partial charge >= 0.3 is 0 Å². The summed E-state index contributed by atoms with van der Waals surface area (Å²) in [5, 5.41) is 3.28. The summed E-state index contributed by atoms with van der Waals surface area (Å²) in [4.78, 5) is 14.1. The Kier molecular flexibility index (Phi) is 4.37. The van der Waals surface area contributed by atoms with Crippen molar-refractivity contribution in [2.45, 2.75) is 18.9 Å². The van der Waals surface area contributed by atoms with Crippen LogP contribution >= 0.6 is 0 Å². The highest BCUT2D eigenvalue weighted by Gasteiger charge is 2.23. The molecule has 0 radical (unpaired) electrons. The van der Waals surface area contributed by atoms with E-state index in [0.717, 1.165) is 25.9 Å². The average molecular weight is 266 g/mol. The summed E-state index contributed by atoms with van der Waals surface area (Å²) >= 11 is 0. The molecule has 1 aliphatic rings. The van der Waals surface area contributed by atoms with Gasteiger partial charge in [0.2, 0.25) is 0 Å². The fraction of sp³-hybridized carbons (Fsp3) is 0.500. The summed E-state index contributed by atoms with van der Waals surface area (Å²) in [6.07, 6.45) is 2.06. The third kappa shape index (κ3) is 3.04. The van der Waals surface area contributed by atoms with Crippen molar-refractivity contribution in [1.82, 2.24) is 10.2 Å². The van der Waals surface area contributed by atoms with Crippen LogP contribution in [0.25, 0.3) is 0 Å². The lowest BCUT2D eigenvalue weighted by atomic mass is 10.1. The summed E-state index contributed by atoms with van der Waals surface area (Å²) in [7, 11) is 3.18.